The van der Waals surface area contributed by atoms with Crippen LogP contribution in [-0.2, 0) is 14.3 Å². The Kier molecular flexibility index (Phi) is 3.90. The highest BCUT2D eigenvalue weighted by Gasteiger charge is 2.21. The van der Waals surface area contributed by atoms with Crippen LogP contribution in [0.4, 0.5) is 0 Å². The first-order valence-corrected chi connectivity index (χ1v) is 4.71. The second-order valence-corrected chi connectivity index (χ2v) is 3.48. The fraction of sp³-hybridized carbons (Fsp3) is 0.857. The van der Waals surface area contributed by atoms with Gasteiger partial charge in [-0.25, -0.2) is 0 Å². The van der Waals surface area contributed by atoms with E-state index in [-0.39, 0.29) is 18.5 Å². The van der Waals surface area contributed by atoms with Crippen molar-refractivity contribution < 1.29 is 14.3 Å². The van der Waals surface area contributed by atoms with Crippen LogP contribution in [0.5, 0.6) is 0 Å². The Morgan fingerprint density at radius 1 is 1.82 bits per heavy atom. The monoisotopic (exact) mass is 176 g/mol. The maximum atomic E-state index is 11.1. The summed E-state index contributed by atoms with van der Waals surface area (Å²) in [5.41, 5.74) is 0. The van der Waals surface area contributed by atoms with Gasteiger partial charge in [0.1, 0.15) is 12.7 Å². The van der Waals surface area contributed by atoms with Crippen molar-refractivity contribution in [3.8, 4) is 0 Å². The Hall–Kier alpha value is -0.0600. The minimum Gasteiger partial charge on any atom is -0.377 e. The molecule has 3 nitrogen and oxygen atoms in total. The molecule has 0 bridgehead atoms. The van der Waals surface area contributed by atoms with Crippen LogP contribution in [-0.4, -0.2) is 43.7 Å². The molecule has 1 atom stereocenters. The van der Waals surface area contributed by atoms with Crippen LogP contribution in [0.25, 0.3) is 0 Å². The Balaban J connectivity index is 2.27. The van der Waals surface area contributed by atoms with Crippen LogP contribution in [0.3, 0.4) is 0 Å². The van der Waals surface area contributed by atoms with Crippen molar-refractivity contribution in [2.75, 3.05) is 31.8 Å². The van der Waals surface area contributed by atoms with Crippen molar-refractivity contribution in [3.63, 3.8) is 0 Å². The number of ether oxygens (including phenoxy) is 2. The summed E-state index contributed by atoms with van der Waals surface area (Å²) in [6.07, 6.45) is -0.228. The van der Waals surface area contributed by atoms with Crippen LogP contribution in [0.15, 0.2) is 0 Å². The maximum absolute atomic E-state index is 11.1. The van der Waals surface area contributed by atoms with Gasteiger partial charge in [-0.1, -0.05) is 0 Å². The van der Waals surface area contributed by atoms with Crippen LogP contribution >= 0.6 is 11.8 Å². The van der Waals surface area contributed by atoms with E-state index in [0.29, 0.717) is 6.61 Å². The summed E-state index contributed by atoms with van der Waals surface area (Å²) in [5, 5.41) is 0. The third-order valence-corrected chi connectivity index (χ3v) is 2.46. The molecule has 64 valence electrons. The smallest absolute Gasteiger partial charge is 0.187 e. The second-order valence-electron chi connectivity index (χ2n) is 2.33. The summed E-state index contributed by atoms with van der Waals surface area (Å²) < 4.78 is 9.96. The first kappa shape index (κ1) is 9.03. The number of methoxy groups -OCH3 is 1. The molecule has 1 rings (SSSR count). The molecule has 1 heterocycles. The standard InChI is InChI=1S/C7H12O3S/c1-9-4-6(8)7-5-11-3-2-10-7/h7H,2-5H2,1H3. The van der Waals surface area contributed by atoms with Crippen molar-refractivity contribution >= 4 is 17.5 Å². The van der Waals surface area contributed by atoms with E-state index in [4.69, 9.17) is 9.47 Å². The van der Waals surface area contributed by atoms with Crippen LogP contribution in [0.2, 0.25) is 0 Å². The third kappa shape index (κ3) is 2.81. The first-order chi connectivity index (χ1) is 5.34. The summed E-state index contributed by atoms with van der Waals surface area (Å²) in [6, 6.07) is 0. The molecule has 0 aromatic heterocycles. The quantitative estimate of drug-likeness (QED) is 0.621. The molecular formula is C7H12O3S. The van der Waals surface area contributed by atoms with Crippen molar-refractivity contribution in [3.05, 3.63) is 0 Å². The van der Waals surface area contributed by atoms with Crippen LogP contribution in [0, 0.1) is 0 Å². The van der Waals surface area contributed by atoms with Gasteiger partial charge in [0, 0.05) is 18.6 Å². The number of Topliss-reactive ketones (excluding diaryl/α,β-unsaturated/α-hetero) is 1. The average Bonchev–Trinajstić information content (AvgIpc) is 2.07. The molecule has 1 saturated heterocycles. The average molecular weight is 176 g/mol. The van der Waals surface area contributed by atoms with Crippen molar-refractivity contribution in [2.24, 2.45) is 0 Å². The minimum absolute atomic E-state index is 0.0553. The maximum Gasteiger partial charge on any atom is 0.187 e. The summed E-state index contributed by atoms with van der Waals surface area (Å²) in [5.74, 6) is 1.83. The molecule has 4 heteroatoms. The zero-order valence-electron chi connectivity index (χ0n) is 6.54. The molecule has 0 N–H and O–H groups in total. The third-order valence-electron chi connectivity index (χ3n) is 1.46. The van der Waals surface area contributed by atoms with Crippen LogP contribution < -0.4 is 0 Å². The van der Waals surface area contributed by atoms with Crippen molar-refractivity contribution in [1.29, 1.82) is 0 Å². The van der Waals surface area contributed by atoms with E-state index in [2.05, 4.69) is 0 Å². The molecule has 1 aliphatic heterocycles. The van der Waals surface area contributed by atoms with E-state index in [1.807, 2.05) is 0 Å². The number of thioether (sulfide) groups is 1. The number of carbonyl (C=O) groups excluding carboxylic acids is 1. The zero-order valence-corrected chi connectivity index (χ0v) is 7.36. The Labute approximate surface area is 70.4 Å². The molecule has 0 aromatic rings. The molecule has 0 saturated carbocycles. The van der Waals surface area contributed by atoms with Gasteiger partial charge in [-0.05, 0) is 0 Å². The first-order valence-electron chi connectivity index (χ1n) is 3.55. The lowest BCUT2D eigenvalue weighted by atomic mass is 10.3. The van der Waals surface area contributed by atoms with Gasteiger partial charge in [0.15, 0.2) is 5.78 Å². The van der Waals surface area contributed by atoms with E-state index in [1.54, 1.807) is 11.8 Å². The molecular weight excluding hydrogens is 164 g/mol. The predicted molar refractivity (Wildman–Crippen MR) is 43.9 cm³/mol. The van der Waals surface area contributed by atoms with Gasteiger partial charge >= 0.3 is 0 Å². The normalized spacial score (nSPS) is 25.0. The second kappa shape index (κ2) is 4.74. The molecule has 1 fully saturated rings. The molecule has 0 spiro atoms. The summed E-state index contributed by atoms with van der Waals surface area (Å²) in [4.78, 5) is 11.1. The molecule has 1 unspecified atom stereocenters. The van der Waals surface area contributed by atoms with Crippen LogP contribution in [0.1, 0.15) is 0 Å². The van der Waals surface area contributed by atoms with Gasteiger partial charge < -0.3 is 9.47 Å². The largest absolute Gasteiger partial charge is 0.377 e. The topological polar surface area (TPSA) is 35.5 Å². The Morgan fingerprint density at radius 3 is 3.18 bits per heavy atom. The minimum atomic E-state index is -0.228. The highest BCUT2D eigenvalue weighted by Crippen LogP contribution is 2.12. The van der Waals surface area contributed by atoms with Gasteiger partial charge in [-0.15, -0.1) is 0 Å². The summed E-state index contributed by atoms with van der Waals surface area (Å²) in [6.45, 7) is 0.857. The SMILES string of the molecule is COCC(=O)C1CSCCO1. The Bertz CT molecular complexity index is 132. The molecule has 1 aliphatic rings. The Morgan fingerprint density at radius 2 is 2.64 bits per heavy atom. The lowest BCUT2D eigenvalue weighted by Gasteiger charge is -2.20. The van der Waals surface area contributed by atoms with Crippen molar-refractivity contribution in [1.82, 2.24) is 0 Å². The number of rotatable bonds is 3. The van der Waals surface area contributed by atoms with Gasteiger partial charge in [0.05, 0.1) is 6.61 Å². The highest BCUT2D eigenvalue weighted by molar-refractivity contribution is 7.99. The van der Waals surface area contributed by atoms with E-state index < -0.39 is 0 Å². The van der Waals surface area contributed by atoms with E-state index in [0.717, 1.165) is 11.5 Å². The van der Waals surface area contributed by atoms with E-state index >= 15 is 0 Å². The summed E-state index contributed by atoms with van der Waals surface area (Å²) in [7, 11) is 1.52. The number of ketones is 1. The van der Waals surface area contributed by atoms with Gasteiger partial charge in [0.25, 0.3) is 0 Å². The summed E-state index contributed by atoms with van der Waals surface area (Å²) >= 11 is 1.76. The highest BCUT2D eigenvalue weighted by atomic mass is 32.2. The number of carbonyl (C=O) groups is 1. The van der Waals surface area contributed by atoms with Crippen molar-refractivity contribution in [2.45, 2.75) is 6.10 Å². The zero-order chi connectivity index (χ0) is 8.10. The molecule has 0 aromatic carbocycles. The molecule has 0 aliphatic carbocycles. The van der Waals surface area contributed by atoms with E-state index in [1.165, 1.54) is 7.11 Å². The van der Waals surface area contributed by atoms with Gasteiger partial charge in [0.2, 0.25) is 0 Å². The number of hydrogen-bond acceptors (Lipinski definition) is 4. The van der Waals surface area contributed by atoms with Gasteiger partial charge in [-0.3, -0.25) is 4.79 Å². The fourth-order valence-electron chi connectivity index (χ4n) is 0.909. The number of hydrogen-bond donors (Lipinski definition) is 0. The molecule has 0 amide bonds. The van der Waals surface area contributed by atoms with E-state index in [9.17, 15) is 4.79 Å². The molecule has 11 heavy (non-hydrogen) atoms. The molecule has 0 radical (unpaired) electrons. The lowest BCUT2D eigenvalue weighted by Crippen LogP contribution is -2.33. The van der Waals surface area contributed by atoms with Gasteiger partial charge in [-0.2, -0.15) is 11.8 Å². The lowest BCUT2D eigenvalue weighted by molar-refractivity contribution is -0.132. The predicted octanol–water partition coefficient (Wildman–Crippen LogP) is 0.334. The fourth-order valence-corrected chi connectivity index (χ4v) is 1.79.